The molecule has 116 valence electrons. The molecule has 2 heterocycles. The largest absolute Gasteiger partial charge is 0.481 e. The molecular formula is C13H21N5O3. The molecule has 0 bridgehead atoms. The molecule has 0 radical (unpaired) electrons. The van der Waals surface area contributed by atoms with Crippen LogP contribution in [0.15, 0.2) is 6.20 Å². The van der Waals surface area contributed by atoms with Gasteiger partial charge in [-0.2, -0.15) is 0 Å². The predicted octanol–water partition coefficient (Wildman–Crippen LogP) is -0.160. The van der Waals surface area contributed by atoms with E-state index in [1.807, 2.05) is 6.92 Å². The van der Waals surface area contributed by atoms with Gasteiger partial charge in [-0.3, -0.25) is 9.59 Å². The smallest absolute Gasteiger partial charge is 0.311 e. The van der Waals surface area contributed by atoms with Gasteiger partial charge in [-0.05, 0) is 12.8 Å². The van der Waals surface area contributed by atoms with Gasteiger partial charge in [0, 0.05) is 19.6 Å². The van der Waals surface area contributed by atoms with E-state index in [0.717, 1.165) is 6.42 Å². The Morgan fingerprint density at radius 1 is 1.52 bits per heavy atom. The van der Waals surface area contributed by atoms with Crippen molar-refractivity contribution in [3.63, 3.8) is 0 Å². The van der Waals surface area contributed by atoms with Crippen molar-refractivity contribution in [2.24, 2.45) is 11.1 Å². The van der Waals surface area contributed by atoms with E-state index in [4.69, 9.17) is 5.73 Å². The summed E-state index contributed by atoms with van der Waals surface area (Å²) in [6.45, 7) is 3.04. The van der Waals surface area contributed by atoms with Crippen molar-refractivity contribution in [2.45, 2.75) is 39.3 Å². The summed E-state index contributed by atoms with van der Waals surface area (Å²) in [6.07, 6.45) is 3.52. The lowest BCUT2D eigenvalue weighted by molar-refractivity contribution is -0.149. The zero-order chi connectivity index (χ0) is 15.5. The Morgan fingerprint density at radius 2 is 2.29 bits per heavy atom. The summed E-state index contributed by atoms with van der Waals surface area (Å²) < 4.78 is 1.44. The maximum Gasteiger partial charge on any atom is 0.311 e. The van der Waals surface area contributed by atoms with Gasteiger partial charge in [0.05, 0.1) is 17.3 Å². The highest BCUT2D eigenvalue weighted by Gasteiger charge is 2.45. The SMILES string of the molecule is CCCC1(C(=O)O)CCN(C(=O)Cn2cc(CN)nn2)C1. The Balaban J connectivity index is 1.99. The normalized spacial score (nSPS) is 21.7. The second kappa shape index (κ2) is 6.21. The van der Waals surface area contributed by atoms with Crippen LogP contribution >= 0.6 is 0 Å². The van der Waals surface area contributed by atoms with Gasteiger partial charge in [0.2, 0.25) is 5.91 Å². The molecule has 1 aromatic heterocycles. The van der Waals surface area contributed by atoms with Gasteiger partial charge in [0.1, 0.15) is 6.54 Å². The number of carbonyl (C=O) groups is 2. The number of aliphatic carboxylic acids is 1. The van der Waals surface area contributed by atoms with E-state index in [0.29, 0.717) is 25.1 Å². The van der Waals surface area contributed by atoms with E-state index in [1.165, 1.54) is 4.68 Å². The molecule has 21 heavy (non-hydrogen) atoms. The van der Waals surface area contributed by atoms with Crippen LogP contribution in [-0.4, -0.2) is 50.0 Å². The molecule has 0 spiro atoms. The number of likely N-dealkylation sites (tertiary alicyclic amines) is 1. The van der Waals surface area contributed by atoms with Crippen LogP contribution in [0, 0.1) is 5.41 Å². The van der Waals surface area contributed by atoms with Gasteiger partial charge < -0.3 is 15.7 Å². The first kappa shape index (κ1) is 15.4. The molecule has 1 fully saturated rings. The number of rotatable bonds is 6. The molecule has 8 nitrogen and oxygen atoms in total. The highest BCUT2D eigenvalue weighted by molar-refractivity contribution is 5.80. The molecular weight excluding hydrogens is 274 g/mol. The number of nitrogens with zero attached hydrogens (tertiary/aromatic N) is 4. The molecule has 1 aliphatic rings. The molecule has 1 saturated heterocycles. The highest BCUT2D eigenvalue weighted by atomic mass is 16.4. The van der Waals surface area contributed by atoms with Crippen molar-refractivity contribution in [2.75, 3.05) is 13.1 Å². The third kappa shape index (κ3) is 3.21. The fourth-order valence-electron chi connectivity index (χ4n) is 2.80. The molecule has 1 aromatic rings. The first-order valence-electron chi connectivity index (χ1n) is 7.11. The van der Waals surface area contributed by atoms with Crippen LogP contribution in [0.25, 0.3) is 0 Å². The zero-order valence-corrected chi connectivity index (χ0v) is 12.2. The van der Waals surface area contributed by atoms with Crippen LogP contribution in [0.2, 0.25) is 0 Å². The number of carbonyl (C=O) groups excluding carboxylic acids is 1. The van der Waals surface area contributed by atoms with Crippen molar-refractivity contribution >= 4 is 11.9 Å². The molecule has 0 aromatic carbocycles. The predicted molar refractivity (Wildman–Crippen MR) is 74.1 cm³/mol. The average molecular weight is 295 g/mol. The lowest BCUT2D eigenvalue weighted by Gasteiger charge is -2.24. The van der Waals surface area contributed by atoms with E-state index in [9.17, 15) is 14.7 Å². The minimum Gasteiger partial charge on any atom is -0.481 e. The molecule has 1 aliphatic heterocycles. The second-order valence-electron chi connectivity index (χ2n) is 5.51. The number of aromatic nitrogens is 3. The number of hydrogen-bond donors (Lipinski definition) is 2. The topological polar surface area (TPSA) is 114 Å². The Bertz CT molecular complexity index is 530. The first-order valence-corrected chi connectivity index (χ1v) is 7.11. The van der Waals surface area contributed by atoms with Gasteiger partial charge in [-0.15, -0.1) is 5.10 Å². The lowest BCUT2D eigenvalue weighted by Crippen LogP contribution is -2.38. The van der Waals surface area contributed by atoms with E-state index in [2.05, 4.69) is 10.3 Å². The highest BCUT2D eigenvalue weighted by Crippen LogP contribution is 2.35. The van der Waals surface area contributed by atoms with Gasteiger partial charge in [-0.1, -0.05) is 18.6 Å². The van der Waals surface area contributed by atoms with Crippen LogP contribution in [0.4, 0.5) is 0 Å². The molecule has 1 unspecified atom stereocenters. The van der Waals surface area contributed by atoms with Crippen LogP contribution in [0.5, 0.6) is 0 Å². The summed E-state index contributed by atoms with van der Waals surface area (Å²) in [5, 5.41) is 17.1. The number of hydrogen-bond acceptors (Lipinski definition) is 5. The monoisotopic (exact) mass is 295 g/mol. The fourth-order valence-corrected chi connectivity index (χ4v) is 2.80. The van der Waals surface area contributed by atoms with Crippen molar-refractivity contribution in [1.82, 2.24) is 19.9 Å². The molecule has 2 rings (SSSR count). The number of nitrogens with two attached hydrogens (primary N) is 1. The van der Waals surface area contributed by atoms with Crippen molar-refractivity contribution < 1.29 is 14.7 Å². The summed E-state index contributed by atoms with van der Waals surface area (Å²) in [4.78, 5) is 25.3. The summed E-state index contributed by atoms with van der Waals surface area (Å²) in [6, 6.07) is 0. The quantitative estimate of drug-likeness (QED) is 0.753. The van der Waals surface area contributed by atoms with Crippen molar-refractivity contribution in [3.05, 3.63) is 11.9 Å². The van der Waals surface area contributed by atoms with Gasteiger partial charge in [-0.25, -0.2) is 4.68 Å². The molecule has 8 heteroatoms. The Hall–Kier alpha value is -1.96. The van der Waals surface area contributed by atoms with E-state index in [-0.39, 0.29) is 25.5 Å². The van der Waals surface area contributed by atoms with Crippen molar-refractivity contribution in [3.8, 4) is 0 Å². The van der Waals surface area contributed by atoms with Crippen molar-refractivity contribution in [1.29, 1.82) is 0 Å². The summed E-state index contributed by atoms with van der Waals surface area (Å²) in [7, 11) is 0. The number of carboxylic acids is 1. The maximum absolute atomic E-state index is 12.2. The third-order valence-electron chi connectivity index (χ3n) is 3.98. The van der Waals surface area contributed by atoms with E-state index < -0.39 is 11.4 Å². The molecule has 1 amide bonds. The van der Waals surface area contributed by atoms with Crippen LogP contribution < -0.4 is 5.73 Å². The Morgan fingerprint density at radius 3 is 2.86 bits per heavy atom. The van der Waals surface area contributed by atoms with Gasteiger partial charge in [0.25, 0.3) is 0 Å². The van der Waals surface area contributed by atoms with E-state index in [1.54, 1.807) is 11.1 Å². The summed E-state index contributed by atoms with van der Waals surface area (Å²) in [5.74, 6) is -0.950. The molecule has 1 atom stereocenters. The Kier molecular flexibility index (Phi) is 4.56. The van der Waals surface area contributed by atoms with Crippen LogP contribution in [0.1, 0.15) is 31.9 Å². The summed E-state index contributed by atoms with van der Waals surface area (Å²) >= 11 is 0. The molecule has 3 N–H and O–H groups in total. The van der Waals surface area contributed by atoms with Crippen LogP contribution in [-0.2, 0) is 22.7 Å². The van der Waals surface area contributed by atoms with Crippen LogP contribution in [0.3, 0.4) is 0 Å². The standard InChI is InChI=1S/C13H21N5O3/c1-2-3-13(12(20)21)4-5-17(9-13)11(19)8-18-7-10(6-14)15-16-18/h7H,2-6,8-9,14H2,1H3,(H,20,21). The average Bonchev–Trinajstić information content (AvgIpc) is 3.06. The Labute approximate surface area is 122 Å². The maximum atomic E-state index is 12.2. The zero-order valence-electron chi connectivity index (χ0n) is 12.2. The van der Waals surface area contributed by atoms with Gasteiger partial charge in [0.15, 0.2) is 0 Å². The van der Waals surface area contributed by atoms with Gasteiger partial charge >= 0.3 is 5.97 Å². The summed E-state index contributed by atoms with van der Waals surface area (Å²) in [5.41, 5.74) is 5.27. The molecule has 0 aliphatic carbocycles. The van der Waals surface area contributed by atoms with E-state index >= 15 is 0 Å². The number of carboxylic acid groups (broad SMARTS) is 1. The second-order valence-corrected chi connectivity index (χ2v) is 5.51. The first-order chi connectivity index (χ1) is 10.0. The molecule has 0 saturated carbocycles. The number of amides is 1. The minimum atomic E-state index is -0.814. The fraction of sp³-hybridized carbons (Fsp3) is 0.692. The minimum absolute atomic E-state index is 0.0643. The third-order valence-corrected chi connectivity index (χ3v) is 3.98. The lowest BCUT2D eigenvalue weighted by atomic mass is 9.83.